The number of rotatable bonds is 7. The van der Waals surface area contributed by atoms with Gasteiger partial charge in [-0.3, -0.25) is 29.8 Å². The second-order valence-electron chi connectivity index (χ2n) is 7.50. The molecule has 0 bridgehead atoms. The van der Waals surface area contributed by atoms with E-state index in [2.05, 4.69) is 33.5 Å². The van der Waals surface area contributed by atoms with Gasteiger partial charge in [-0.1, -0.05) is 53.5 Å². The molecule has 4 rings (SSSR count). The first-order valence-corrected chi connectivity index (χ1v) is 11.6. The highest BCUT2D eigenvalue weighted by Gasteiger charge is 2.29. The van der Waals surface area contributed by atoms with Crippen molar-refractivity contribution in [3.05, 3.63) is 69.8 Å². The molecule has 2 heterocycles. The lowest BCUT2D eigenvalue weighted by Gasteiger charge is -2.04. The van der Waals surface area contributed by atoms with Crippen molar-refractivity contribution in [2.45, 2.75) is 45.4 Å². The molecule has 4 amide bonds. The molecule has 2 aromatic carbocycles. The molecule has 6 nitrogen and oxygen atoms in total. The number of amides is 4. The van der Waals surface area contributed by atoms with Crippen molar-refractivity contribution in [1.29, 1.82) is 0 Å². The van der Waals surface area contributed by atoms with Crippen molar-refractivity contribution in [1.82, 2.24) is 10.6 Å². The van der Waals surface area contributed by atoms with Crippen molar-refractivity contribution in [3.8, 4) is 0 Å². The van der Waals surface area contributed by atoms with Crippen LogP contribution < -0.4 is 10.6 Å². The summed E-state index contributed by atoms with van der Waals surface area (Å²) in [5.41, 5.74) is 4.15. The lowest BCUT2D eigenvalue weighted by atomic mass is 9.98. The van der Waals surface area contributed by atoms with Gasteiger partial charge in [0, 0.05) is 5.33 Å². The zero-order valence-corrected chi connectivity index (χ0v) is 19.0. The SMILES string of the molecule is CCCCc1cccc2c1C(=O)NC2=O.O=C1NC(=O)c2c(CCCCBr)cccc21. The molecule has 2 aliphatic rings. The monoisotopic (exact) mass is 484 g/mol. The molecule has 2 N–H and O–H groups in total. The summed E-state index contributed by atoms with van der Waals surface area (Å²) >= 11 is 3.37. The molecular formula is C24H25BrN2O4. The van der Waals surface area contributed by atoms with E-state index in [-0.39, 0.29) is 23.6 Å². The maximum atomic E-state index is 11.6. The summed E-state index contributed by atoms with van der Waals surface area (Å²) < 4.78 is 0. The molecular weight excluding hydrogens is 460 g/mol. The number of carbonyl (C=O) groups is 4. The van der Waals surface area contributed by atoms with Crippen LogP contribution in [0.4, 0.5) is 0 Å². The normalized spacial score (nSPS) is 13.9. The number of hydrogen-bond donors (Lipinski definition) is 2. The van der Waals surface area contributed by atoms with Gasteiger partial charge < -0.3 is 0 Å². The number of nitrogens with one attached hydrogen (secondary N) is 2. The Balaban J connectivity index is 0.000000176. The van der Waals surface area contributed by atoms with E-state index in [0.717, 1.165) is 55.0 Å². The van der Waals surface area contributed by atoms with E-state index in [4.69, 9.17) is 0 Å². The van der Waals surface area contributed by atoms with Crippen LogP contribution in [0.5, 0.6) is 0 Å². The Labute approximate surface area is 189 Å². The molecule has 2 aliphatic heterocycles. The molecule has 0 aromatic heterocycles. The highest BCUT2D eigenvalue weighted by Crippen LogP contribution is 2.22. The quantitative estimate of drug-likeness (QED) is 0.349. The van der Waals surface area contributed by atoms with E-state index < -0.39 is 0 Å². The van der Waals surface area contributed by atoms with E-state index >= 15 is 0 Å². The zero-order chi connectivity index (χ0) is 22.4. The van der Waals surface area contributed by atoms with Crippen LogP contribution in [0.15, 0.2) is 36.4 Å². The number of unbranched alkanes of at least 4 members (excludes halogenated alkanes) is 2. The maximum absolute atomic E-state index is 11.6. The Hall–Kier alpha value is -2.80. The Morgan fingerprint density at radius 3 is 1.61 bits per heavy atom. The van der Waals surface area contributed by atoms with Crippen LogP contribution in [0.2, 0.25) is 0 Å². The van der Waals surface area contributed by atoms with Gasteiger partial charge >= 0.3 is 0 Å². The average molecular weight is 485 g/mol. The third-order valence-electron chi connectivity index (χ3n) is 5.33. The predicted molar refractivity (Wildman–Crippen MR) is 122 cm³/mol. The van der Waals surface area contributed by atoms with Gasteiger partial charge in [0.25, 0.3) is 23.6 Å². The third kappa shape index (κ3) is 5.10. The fourth-order valence-corrected chi connectivity index (χ4v) is 4.17. The lowest BCUT2D eigenvalue weighted by Crippen LogP contribution is -2.20. The van der Waals surface area contributed by atoms with Crippen LogP contribution in [-0.2, 0) is 12.8 Å². The van der Waals surface area contributed by atoms with Gasteiger partial charge in [-0.05, 0) is 55.4 Å². The first-order valence-electron chi connectivity index (χ1n) is 10.5. The molecule has 0 unspecified atom stereocenters. The summed E-state index contributed by atoms with van der Waals surface area (Å²) in [7, 11) is 0. The molecule has 2 aromatic rings. The highest BCUT2D eigenvalue weighted by molar-refractivity contribution is 9.09. The second-order valence-corrected chi connectivity index (χ2v) is 8.29. The number of fused-ring (bicyclic) bond motifs is 2. The molecule has 0 atom stereocenters. The topological polar surface area (TPSA) is 92.3 Å². The van der Waals surface area contributed by atoms with Gasteiger partial charge in [-0.25, -0.2) is 0 Å². The van der Waals surface area contributed by atoms with Crippen molar-refractivity contribution < 1.29 is 19.2 Å². The Morgan fingerprint density at radius 2 is 1.16 bits per heavy atom. The summed E-state index contributed by atoms with van der Waals surface area (Å²) in [6, 6.07) is 10.9. The first kappa shape index (κ1) is 22.9. The zero-order valence-electron chi connectivity index (χ0n) is 17.4. The number of imide groups is 2. The molecule has 7 heteroatoms. The van der Waals surface area contributed by atoms with E-state index in [1.165, 1.54) is 0 Å². The summed E-state index contributed by atoms with van der Waals surface area (Å²) in [6.45, 7) is 2.11. The van der Waals surface area contributed by atoms with E-state index in [1.807, 2.05) is 24.3 Å². The van der Waals surface area contributed by atoms with Crippen molar-refractivity contribution in [3.63, 3.8) is 0 Å². The minimum Gasteiger partial charge on any atom is -0.288 e. The lowest BCUT2D eigenvalue weighted by molar-refractivity contribution is 0.0862. The fourth-order valence-electron chi connectivity index (χ4n) is 3.77. The summed E-state index contributed by atoms with van der Waals surface area (Å²) in [5.74, 6) is -1.05. The van der Waals surface area contributed by atoms with Gasteiger partial charge in [-0.2, -0.15) is 0 Å². The number of benzene rings is 2. The number of halogens is 1. The molecule has 0 spiro atoms. The van der Waals surface area contributed by atoms with Crippen molar-refractivity contribution in [2.75, 3.05) is 5.33 Å². The smallest absolute Gasteiger partial charge is 0.259 e. The van der Waals surface area contributed by atoms with Crippen LogP contribution >= 0.6 is 15.9 Å². The van der Waals surface area contributed by atoms with Gasteiger partial charge in [0.15, 0.2) is 0 Å². The van der Waals surface area contributed by atoms with E-state index in [0.29, 0.717) is 22.3 Å². The van der Waals surface area contributed by atoms with Crippen LogP contribution in [0.1, 0.15) is 85.2 Å². The summed E-state index contributed by atoms with van der Waals surface area (Å²) in [4.78, 5) is 45.9. The number of hydrogen-bond acceptors (Lipinski definition) is 4. The number of alkyl halides is 1. The first-order chi connectivity index (χ1) is 15.0. The fraction of sp³-hybridized carbons (Fsp3) is 0.333. The van der Waals surface area contributed by atoms with Gasteiger partial charge in [-0.15, -0.1) is 0 Å². The van der Waals surface area contributed by atoms with Crippen molar-refractivity contribution in [2.24, 2.45) is 0 Å². The van der Waals surface area contributed by atoms with Crippen molar-refractivity contribution >= 4 is 39.6 Å². The Bertz CT molecular complexity index is 1030. The Morgan fingerprint density at radius 1 is 0.677 bits per heavy atom. The van der Waals surface area contributed by atoms with Gasteiger partial charge in [0.2, 0.25) is 0 Å². The van der Waals surface area contributed by atoms with E-state index in [1.54, 1.807) is 12.1 Å². The molecule has 0 radical (unpaired) electrons. The van der Waals surface area contributed by atoms with Crippen LogP contribution in [0.3, 0.4) is 0 Å². The second kappa shape index (κ2) is 10.5. The molecule has 0 aliphatic carbocycles. The third-order valence-corrected chi connectivity index (χ3v) is 5.89. The standard InChI is InChI=1S/C12H12BrNO2.C12H13NO2/c13-7-2-1-4-8-5-3-6-9-10(8)12(16)14-11(9)15;1-2-3-5-8-6-4-7-9-10(8)12(15)13-11(9)14/h3,5-6H,1-2,4,7H2,(H,14,15,16);4,6-7H,2-3,5H2,1H3,(H,13,14,15). The number of aryl methyl sites for hydroxylation is 2. The number of carbonyl (C=O) groups excluding carboxylic acids is 4. The summed E-state index contributed by atoms with van der Waals surface area (Å²) in [6.07, 6.45) is 5.91. The van der Waals surface area contributed by atoms with E-state index in [9.17, 15) is 19.2 Å². The minimum absolute atomic E-state index is 0.248. The van der Waals surface area contributed by atoms with Crippen LogP contribution in [0.25, 0.3) is 0 Å². The van der Waals surface area contributed by atoms with Crippen LogP contribution in [0, 0.1) is 0 Å². The van der Waals surface area contributed by atoms with Crippen LogP contribution in [-0.4, -0.2) is 29.0 Å². The molecule has 31 heavy (non-hydrogen) atoms. The van der Waals surface area contributed by atoms with Gasteiger partial charge in [0.1, 0.15) is 0 Å². The molecule has 162 valence electrons. The highest BCUT2D eigenvalue weighted by atomic mass is 79.9. The largest absolute Gasteiger partial charge is 0.288 e. The molecule has 0 fully saturated rings. The average Bonchev–Trinajstić information content (AvgIpc) is 3.23. The maximum Gasteiger partial charge on any atom is 0.259 e. The summed E-state index contributed by atoms with van der Waals surface area (Å²) in [5, 5.41) is 5.61. The Kier molecular flexibility index (Phi) is 7.74. The van der Waals surface area contributed by atoms with Gasteiger partial charge in [0.05, 0.1) is 22.3 Å². The molecule has 0 saturated heterocycles. The predicted octanol–water partition coefficient (Wildman–Crippen LogP) is 4.20. The molecule has 0 saturated carbocycles. The minimum atomic E-state index is -0.276.